The first kappa shape index (κ1) is 19.0. The molecule has 0 aliphatic carbocycles. The molecular weight excluding hydrogens is 418 g/mol. The lowest BCUT2D eigenvalue weighted by atomic mass is 10.2. The van der Waals surface area contributed by atoms with Gasteiger partial charge in [-0.1, -0.05) is 30.1 Å². The zero-order chi connectivity index (χ0) is 16.6. The molecule has 0 unspecified atom stereocenters. The van der Waals surface area contributed by atoms with Crippen LogP contribution in [0.3, 0.4) is 0 Å². The Kier molecular flexibility index (Phi) is 6.00. The highest BCUT2D eigenvalue weighted by Gasteiger charge is 2.41. The van der Waals surface area contributed by atoms with Crippen molar-refractivity contribution in [3.63, 3.8) is 0 Å². The molecular formula is C11H11BrCl2F3NO2S. The van der Waals surface area contributed by atoms with E-state index in [1.165, 1.54) is 6.92 Å². The minimum atomic E-state index is -4.69. The highest BCUT2D eigenvalue weighted by Crippen LogP contribution is 2.38. The van der Waals surface area contributed by atoms with Gasteiger partial charge in [-0.2, -0.15) is 17.9 Å². The minimum absolute atomic E-state index is 0.0721. The summed E-state index contributed by atoms with van der Waals surface area (Å²) in [5.74, 6) is 0. The zero-order valence-corrected chi connectivity index (χ0v) is 14.8. The molecule has 1 atom stereocenters. The van der Waals surface area contributed by atoms with Crippen molar-refractivity contribution in [3.05, 3.63) is 26.1 Å². The maximum absolute atomic E-state index is 12.7. The Morgan fingerprint density at radius 1 is 1.33 bits per heavy atom. The van der Waals surface area contributed by atoms with Crippen LogP contribution in [-0.4, -0.2) is 20.6 Å². The first-order valence-corrected chi connectivity index (χ1v) is 8.68. The molecule has 0 aliphatic rings. The maximum Gasteiger partial charge on any atom is 0.404 e. The summed E-state index contributed by atoms with van der Waals surface area (Å²) < 4.78 is 64.3. The van der Waals surface area contributed by atoms with Crippen LogP contribution in [0.1, 0.15) is 18.9 Å². The van der Waals surface area contributed by atoms with Gasteiger partial charge in [-0.05, 0) is 40.9 Å². The van der Waals surface area contributed by atoms with Crippen molar-refractivity contribution in [2.75, 3.05) is 0 Å². The van der Waals surface area contributed by atoms with Gasteiger partial charge in [-0.25, -0.2) is 8.42 Å². The first-order valence-electron chi connectivity index (χ1n) is 5.65. The SMILES string of the molecule is CC[C@H](NS(=O)(=O)c1cc(C)c(Br)c(Cl)c1Cl)C(F)(F)F. The van der Waals surface area contributed by atoms with Crippen molar-refractivity contribution in [2.45, 2.75) is 37.4 Å². The lowest BCUT2D eigenvalue weighted by Gasteiger charge is -2.21. The van der Waals surface area contributed by atoms with E-state index in [2.05, 4.69) is 15.9 Å². The summed E-state index contributed by atoms with van der Waals surface area (Å²) in [5, 5.41) is -0.407. The van der Waals surface area contributed by atoms with Crippen molar-refractivity contribution in [3.8, 4) is 0 Å². The third kappa shape index (κ3) is 4.25. The molecule has 0 aromatic heterocycles. The summed E-state index contributed by atoms with van der Waals surface area (Å²) in [6.07, 6.45) is -5.13. The van der Waals surface area contributed by atoms with Crippen LogP contribution in [0.2, 0.25) is 10.0 Å². The summed E-state index contributed by atoms with van der Waals surface area (Å²) in [6, 6.07) is -1.04. The predicted molar refractivity (Wildman–Crippen MR) is 79.4 cm³/mol. The number of alkyl halides is 3. The molecule has 3 nitrogen and oxygen atoms in total. The van der Waals surface area contributed by atoms with Gasteiger partial charge in [0.1, 0.15) is 10.9 Å². The van der Waals surface area contributed by atoms with Gasteiger partial charge in [0.25, 0.3) is 0 Å². The van der Waals surface area contributed by atoms with Crippen molar-refractivity contribution in [1.29, 1.82) is 0 Å². The average Bonchev–Trinajstić information content (AvgIpc) is 2.36. The van der Waals surface area contributed by atoms with E-state index in [4.69, 9.17) is 23.2 Å². The molecule has 0 fully saturated rings. The molecule has 0 radical (unpaired) electrons. The molecule has 0 aliphatic heterocycles. The van der Waals surface area contributed by atoms with E-state index < -0.39 is 33.6 Å². The van der Waals surface area contributed by atoms with Gasteiger partial charge in [-0.15, -0.1) is 0 Å². The topological polar surface area (TPSA) is 46.2 Å². The van der Waals surface area contributed by atoms with Crippen LogP contribution in [0.4, 0.5) is 13.2 Å². The van der Waals surface area contributed by atoms with Crippen LogP contribution in [0, 0.1) is 6.92 Å². The summed E-state index contributed by atoms with van der Waals surface area (Å²) in [5.41, 5.74) is 0.435. The van der Waals surface area contributed by atoms with Gasteiger partial charge < -0.3 is 0 Å². The third-order valence-electron chi connectivity index (χ3n) is 2.69. The second kappa shape index (κ2) is 6.62. The van der Waals surface area contributed by atoms with Crippen LogP contribution in [-0.2, 0) is 10.0 Å². The lowest BCUT2D eigenvalue weighted by molar-refractivity contribution is -0.151. The van der Waals surface area contributed by atoms with Crippen LogP contribution >= 0.6 is 39.1 Å². The summed E-state index contributed by atoms with van der Waals surface area (Å²) in [7, 11) is -4.45. The Labute approximate surface area is 139 Å². The Bertz CT molecular complexity index is 650. The molecule has 1 rings (SSSR count). The Hall–Kier alpha value is -0.0200. The van der Waals surface area contributed by atoms with E-state index in [0.29, 0.717) is 10.0 Å². The molecule has 0 amide bonds. The summed E-state index contributed by atoms with van der Waals surface area (Å²) in [6.45, 7) is 2.77. The fourth-order valence-electron chi connectivity index (χ4n) is 1.53. The molecule has 0 spiro atoms. The van der Waals surface area contributed by atoms with E-state index in [9.17, 15) is 21.6 Å². The van der Waals surface area contributed by atoms with Gasteiger partial charge in [0.15, 0.2) is 0 Å². The maximum atomic E-state index is 12.7. The van der Waals surface area contributed by atoms with Gasteiger partial charge in [0.2, 0.25) is 10.0 Å². The van der Waals surface area contributed by atoms with E-state index in [0.717, 1.165) is 6.07 Å². The number of sulfonamides is 1. The number of nitrogens with one attached hydrogen (secondary N) is 1. The number of benzene rings is 1. The quantitative estimate of drug-likeness (QED) is 0.707. The summed E-state index contributed by atoms with van der Waals surface area (Å²) >= 11 is 14.8. The highest BCUT2D eigenvalue weighted by atomic mass is 79.9. The average molecular weight is 429 g/mol. The van der Waals surface area contributed by atoms with Gasteiger partial charge in [0, 0.05) is 4.47 Å². The van der Waals surface area contributed by atoms with Gasteiger partial charge in [0.05, 0.1) is 10.0 Å². The summed E-state index contributed by atoms with van der Waals surface area (Å²) in [4.78, 5) is -0.488. The van der Waals surface area contributed by atoms with Crippen LogP contribution < -0.4 is 4.72 Å². The number of hydrogen-bond acceptors (Lipinski definition) is 2. The molecule has 1 aromatic rings. The van der Waals surface area contributed by atoms with Crippen LogP contribution in [0.15, 0.2) is 15.4 Å². The van der Waals surface area contributed by atoms with Gasteiger partial charge >= 0.3 is 6.18 Å². The van der Waals surface area contributed by atoms with E-state index in [1.807, 2.05) is 0 Å². The number of rotatable bonds is 4. The molecule has 0 saturated heterocycles. The largest absolute Gasteiger partial charge is 0.404 e. The molecule has 120 valence electrons. The first-order chi connectivity index (χ1) is 9.41. The smallest absolute Gasteiger partial charge is 0.207 e. The third-order valence-corrected chi connectivity index (χ3v) is 6.41. The minimum Gasteiger partial charge on any atom is -0.207 e. The predicted octanol–water partition coefficient (Wildman–Crippen LogP) is 4.68. The molecule has 21 heavy (non-hydrogen) atoms. The molecule has 0 saturated carbocycles. The molecule has 1 aromatic carbocycles. The fourth-order valence-corrected chi connectivity index (χ4v) is 4.19. The van der Waals surface area contributed by atoms with E-state index >= 15 is 0 Å². The Morgan fingerprint density at radius 3 is 2.29 bits per heavy atom. The zero-order valence-electron chi connectivity index (χ0n) is 10.9. The van der Waals surface area contributed by atoms with E-state index in [-0.39, 0.29) is 10.0 Å². The molecule has 1 N–H and O–H groups in total. The monoisotopic (exact) mass is 427 g/mol. The number of hydrogen-bond donors (Lipinski definition) is 1. The molecule has 0 heterocycles. The second-order valence-electron chi connectivity index (χ2n) is 4.26. The number of halogens is 6. The molecule has 0 bridgehead atoms. The van der Waals surface area contributed by atoms with Gasteiger partial charge in [-0.3, -0.25) is 0 Å². The van der Waals surface area contributed by atoms with Crippen LogP contribution in [0.25, 0.3) is 0 Å². The van der Waals surface area contributed by atoms with Crippen molar-refractivity contribution < 1.29 is 21.6 Å². The lowest BCUT2D eigenvalue weighted by Crippen LogP contribution is -2.44. The normalized spacial score (nSPS) is 14.3. The second-order valence-corrected chi connectivity index (χ2v) is 7.49. The van der Waals surface area contributed by atoms with Crippen LogP contribution in [0.5, 0.6) is 0 Å². The Morgan fingerprint density at radius 2 is 1.86 bits per heavy atom. The fraction of sp³-hybridized carbons (Fsp3) is 0.455. The van der Waals surface area contributed by atoms with Crippen molar-refractivity contribution in [1.82, 2.24) is 4.72 Å². The standard InChI is InChI=1S/C11H11BrCl2F3NO2S/c1-3-7(11(15,16)17)18-21(19,20)6-4-5(2)8(12)10(14)9(6)13/h4,7,18H,3H2,1-2H3/t7-/m0/s1. The van der Waals surface area contributed by atoms with Crippen molar-refractivity contribution >= 4 is 49.2 Å². The highest BCUT2D eigenvalue weighted by molar-refractivity contribution is 9.10. The van der Waals surface area contributed by atoms with E-state index in [1.54, 1.807) is 11.6 Å². The van der Waals surface area contributed by atoms with Crippen molar-refractivity contribution in [2.24, 2.45) is 0 Å². The molecule has 10 heteroatoms. The Balaban J connectivity index is 3.33. The number of aryl methyl sites for hydroxylation is 1.